The van der Waals surface area contributed by atoms with Crippen LogP contribution < -0.4 is 16.0 Å². The van der Waals surface area contributed by atoms with Crippen LogP contribution in [-0.4, -0.2) is 30.9 Å². The third-order valence-electron chi connectivity index (χ3n) is 4.98. The van der Waals surface area contributed by atoms with Crippen molar-refractivity contribution in [2.45, 2.75) is 32.7 Å². The van der Waals surface area contributed by atoms with Crippen LogP contribution in [0.15, 0.2) is 24.3 Å². The Labute approximate surface area is 149 Å². The lowest BCUT2D eigenvalue weighted by molar-refractivity contribution is -0.117. The monoisotopic (exact) mass is 351 g/mol. The Morgan fingerprint density at radius 2 is 1.96 bits per heavy atom. The summed E-state index contributed by atoms with van der Waals surface area (Å²) in [7, 11) is 0. The molecule has 1 aromatic carbocycles. The van der Waals surface area contributed by atoms with Gasteiger partial charge in [-0.1, -0.05) is 19.9 Å². The van der Waals surface area contributed by atoms with Crippen LogP contribution in [0.4, 0.5) is 5.69 Å². The number of nitrogens with one attached hydrogen (secondary N) is 3. The standard InChI is InChI=1S/C18H25N3O2.ClH/c1-11-6-7-19-10-16(11)21-17(22)13-4-3-5-14(9-13)20-18(23)15-8-12(15)2;/h3-5,9,11-12,15-16,19H,6-8,10H2,1-2H3,(H,20,23)(H,21,22);1H. The van der Waals surface area contributed by atoms with E-state index in [1.165, 1.54) is 0 Å². The molecule has 1 aromatic rings. The largest absolute Gasteiger partial charge is 0.348 e. The minimum absolute atomic E-state index is 0. The van der Waals surface area contributed by atoms with Crippen LogP contribution in [0.25, 0.3) is 0 Å². The number of carbonyl (C=O) groups excluding carboxylic acids is 2. The van der Waals surface area contributed by atoms with Gasteiger partial charge in [0.25, 0.3) is 5.91 Å². The Morgan fingerprint density at radius 1 is 1.21 bits per heavy atom. The van der Waals surface area contributed by atoms with Gasteiger partial charge in [0, 0.05) is 29.8 Å². The second-order valence-electron chi connectivity index (χ2n) is 6.94. The zero-order valence-corrected chi connectivity index (χ0v) is 15.0. The Balaban J connectivity index is 0.00000208. The Bertz CT molecular complexity index is 608. The van der Waals surface area contributed by atoms with E-state index in [-0.39, 0.29) is 36.2 Å². The maximum absolute atomic E-state index is 12.4. The van der Waals surface area contributed by atoms with Gasteiger partial charge in [0.05, 0.1) is 0 Å². The topological polar surface area (TPSA) is 70.2 Å². The lowest BCUT2D eigenvalue weighted by Gasteiger charge is -2.30. The van der Waals surface area contributed by atoms with E-state index in [1.807, 2.05) is 12.1 Å². The van der Waals surface area contributed by atoms with E-state index < -0.39 is 0 Å². The fourth-order valence-corrected chi connectivity index (χ4v) is 3.10. The lowest BCUT2D eigenvalue weighted by atomic mass is 9.94. The number of amides is 2. The van der Waals surface area contributed by atoms with Crippen LogP contribution in [0.1, 0.15) is 37.0 Å². The van der Waals surface area contributed by atoms with E-state index in [9.17, 15) is 9.59 Å². The van der Waals surface area contributed by atoms with Crippen LogP contribution in [0.5, 0.6) is 0 Å². The van der Waals surface area contributed by atoms with Gasteiger partial charge in [0.2, 0.25) is 5.91 Å². The quantitative estimate of drug-likeness (QED) is 0.780. The molecule has 0 aromatic heterocycles. The van der Waals surface area contributed by atoms with Crippen molar-refractivity contribution in [3.63, 3.8) is 0 Å². The highest BCUT2D eigenvalue weighted by molar-refractivity contribution is 5.98. The number of anilines is 1. The minimum atomic E-state index is -0.0820. The van der Waals surface area contributed by atoms with Gasteiger partial charge < -0.3 is 16.0 Å². The first kappa shape index (κ1) is 18.7. The summed E-state index contributed by atoms with van der Waals surface area (Å²) in [5.41, 5.74) is 1.28. The van der Waals surface area contributed by atoms with Crippen molar-refractivity contribution in [2.24, 2.45) is 17.8 Å². The maximum Gasteiger partial charge on any atom is 0.251 e. The van der Waals surface area contributed by atoms with Gasteiger partial charge in [-0.05, 0) is 49.4 Å². The highest BCUT2D eigenvalue weighted by atomic mass is 35.5. The first-order valence-electron chi connectivity index (χ1n) is 8.47. The number of halogens is 1. The lowest BCUT2D eigenvalue weighted by Crippen LogP contribution is -2.50. The van der Waals surface area contributed by atoms with Crippen molar-refractivity contribution < 1.29 is 9.59 Å². The highest BCUT2D eigenvalue weighted by Crippen LogP contribution is 2.38. The first-order valence-corrected chi connectivity index (χ1v) is 8.47. The first-order chi connectivity index (χ1) is 11.0. The van der Waals surface area contributed by atoms with Crippen molar-refractivity contribution in [3.05, 3.63) is 29.8 Å². The molecular weight excluding hydrogens is 326 g/mol. The van der Waals surface area contributed by atoms with Gasteiger partial charge in [-0.3, -0.25) is 9.59 Å². The Kier molecular flexibility index (Phi) is 6.24. The van der Waals surface area contributed by atoms with Gasteiger partial charge in [-0.25, -0.2) is 0 Å². The van der Waals surface area contributed by atoms with Crippen molar-refractivity contribution >= 4 is 29.9 Å². The molecule has 4 unspecified atom stereocenters. The van der Waals surface area contributed by atoms with E-state index in [1.54, 1.807) is 12.1 Å². The molecule has 2 aliphatic rings. The molecule has 3 rings (SSSR count). The van der Waals surface area contributed by atoms with Crippen molar-refractivity contribution in [3.8, 4) is 0 Å². The summed E-state index contributed by atoms with van der Waals surface area (Å²) in [6, 6.07) is 7.32. The minimum Gasteiger partial charge on any atom is -0.348 e. The van der Waals surface area contributed by atoms with Crippen LogP contribution >= 0.6 is 12.4 Å². The van der Waals surface area contributed by atoms with E-state index >= 15 is 0 Å². The fraction of sp³-hybridized carbons (Fsp3) is 0.556. The molecule has 5 nitrogen and oxygen atoms in total. The number of rotatable bonds is 4. The van der Waals surface area contributed by atoms with Crippen molar-refractivity contribution in [1.82, 2.24) is 10.6 Å². The van der Waals surface area contributed by atoms with E-state index in [0.717, 1.165) is 25.9 Å². The molecule has 0 bridgehead atoms. The molecule has 1 aliphatic heterocycles. The predicted molar refractivity (Wildman–Crippen MR) is 97.5 cm³/mol. The maximum atomic E-state index is 12.4. The van der Waals surface area contributed by atoms with Crippen molar-refractivity contribution in [2.75, 3.05) is 18.4 Å². The summed E-state index contributed by atoms with van der Waals surface area (Å²) in [5, 5.41) is 9.32. The third kappa shape index (κ3) is 4.48. The summed E-state index contributed by atoms with van der Waals surface area (Å²) in [4.78, 5) is 24.4. The van der Waals surface area contributed by atoms with Gasteiger partial charge >= 0.3 is 0 Å². The zero-order valence-electron chi connectivity index (χ0n) is 14.2. The molecule has 0 radical (unpaired) electrons. The molecule has 6 heteroatoms. The molecule has 2 fully saturated rings. The average Bonchev–Trinajstić information content (AvgIpc) is 3.27. The number of hydrogen-bond acceptors (Lipinski definition) is 3. The molecule has 1 saturated heterocycles. The molecular formula is C18H26ClN3O2. The molecule has 132 valence electrons. The molecule has 24 heavy (non-hydrogen) atoms. The molecule has 2 amide bonds. The number of benzene rings is 1. The van der Waals surface area contributed by atoms with Gasteiger partial charge in [0.15, 0.2) is 0 Å². The van der Waals surface area contributed by atoms with E-state index in [4.69, 9.17) is 0 Å². The summed E-state index contributed by atoms with van der Waals surface area (Å²) in [6.07, 6.45) is 2.03. The Hall–Kier alpha value is -1.59. The highest BCUT2D eigenvalue weighted by Gasteiger charge is 2.39. The van der Waals surface area contributed by atoms with Gasteiger partial charge in [-0.2, -0.15) is 0 Å². The SMILES string of the molecule is CC1CCNCC1NC(=O)c1cccc(NC(=O)C2CC2C)c1.Cl. The molecule has 4 atom stereocenters. The normalized spacial score (nSPS) is 28.4. The van der Waals surface area contributed by atoms with Crippen molar-refractivity contribution in [1.29, 1.82) is 0 Å². The van der Waals surface area contributed by atoms with E-state index in [0.29, 0.717) is 23.1 Å². The number of carbonyl (C=O) groups is 2. The second-order valence-corrected chi connectivity index (χ2v) is 6.94. The van der Waals surface area contributed by atoms with Gasteiger partial charge in [-0.15, -0.1) is 12.4 Å². The summed E-state index contributed by atoms with van der Waals surface area (Å²) < 4.78 is 0. The molecule has 1 saturated carbocycles. The molecule has 1 heterocycles. The number of hydrogen-bond donors (Lipinski definition) is 3. The summed E-state index contributed by atoms with van der Waals surface area (Å²) in [5.74, 6) is 1.05. The third-order valence-corrected chi connectivity index (χ3v) is 4.98. The van der Waals surface area contributed by atoms with Crippen LogP contribution in [0, 0.1) is 17.8 Å². The molecule has 0 spiro atoms. The van der Waals surface area contributed by atoms with Crippen LogP contribution in [0.3, 0.4) is 0 Å². The van der Waals surface area contributed by atoms with Crippen LogP contribution in [0.2, 0.25) is 0 Å². The average molecular weight is 352 g/mol. The molecule has 1 aliphatic carbocycles. The fourth-order valence-electron chi connectivity index (χ4n) is 3.10. The Morgan fingerprint density at radius 3 is 2.62 bits per heavy atom. The predicted octanol–water partition coefficient (Wildman–Crippen LogP) is 2.43. The second kappa shape index (κ2) is 7.99. The van der Waals surface area contributed by atoms with Gasteiger partial charge in [0.1, 0.15) is 0 Å². The number of piperidine rings is 1. The summed E-state index contributed by atoms with van der Waals surface area (Å²) in [6.45, 7) is 6.06. The van der Waals surface area contributed by atoms with Crippen LogP contribution in [-0.2, 0) is 4.79 Å². The zero-order chi connectivity index (χ0) is 16.4. The summed E-state index contributed by atoms with van der Waals surface area (Å²) >= 11 is 0. The molecule has 3 N–H and O–H groups in total. The smallest absolute Gasteiger partial charge is 0.251 e. The van der Waals surface area contributed by atoms with E-state index in [2.05, 4.69) is 29.8 Å².